The quantitative estimate of drug-likeness (QED) is 0.427. The van der Waals surface area contributed by atoms with E-state index in [2.05, 4.69) is 4.90 Å². The average Bonchev–Trinajstić information content (AvgIpc) is 3.45. The minimum Gasteiger partial charge on any atom is -0.507 e. The molecule has 1 unspecified atom stereocenters. The van der Waals surface area contributed by atoms with Gasteiger partial charge in [0.1, 0.15) is 30.8 Å². The van der Waals surface area contributed by atoms with E-state index in [1.807, 2.05) is 0 Å². The van der Waals surface area contributed by atoms with Crippen molar-refractivity contribution in [2.75, 3.05) is 52.6 Å². The molecule has 1 atom stereocenters. The lowest BCUT2D eigenvalue weighted by Crippen LogP contribution is -2.42. The smallest absolute Gasteiger partial charge is 0.295 e. The van der Waals surface area contributed by atoms with Crippen molar-refractivity contribution in [1.82, 2.24) is 9.80 Å². The Hall–Kier alpha value is -3.30. The highest BCUT2D eigenvalue weighted by atomic mass is 16.6. The Bertz CT molecular complexity index is 1040. The van der Waals surface area contributed by atoms with E-state index in [0.29, 0.717) is 62.3 Å². The largest absolute Gasteiger partial charge is 0.507 e. The van der Waals surface area contributed by atoms with E-state index >= 15 is 0 Å². The lowest BCUT2D eigenvalue weighted by molar-refractivity contribution is -0.140. The minimum atomic E-state index is -0.806. The van der Waals surface area contributed by atoms with Crippen LogP contribution in [0.1, 0.15) is 17.4 Å². The van der Waals surface area contributed by atoms with E-state index in [4.69, 9.17) is 18.6 Å². The highest BCUT2D eigenvalue weighted by Crippen LogP contribution is 2.41. The van der Waals surface area contributed by atoms with Gasteiger partial charge in [-0.15, -0.1) is 0 Å². The van der Waals surface area contributed by atoms with Gasteiger partial charge in [0, 0.05) is 31.7 Å². The first-order valence-corrected chi connectivity index (χ1v) is 10.7. The van der Waals surface area contributed by atoms with Crippen LogP contribution >= 0.6 is 0 Å². The maximum Gasteiger partial charge on any atom is 0.295 e. The van der Waals surface area contributed by atoms with E-state index < -0.39 is 17.7 Å². The molecule has 1 amide bonds. The second kappa shape index (κ2) is 8.68. The molecule has 4 heterocycles. The number of Topliss-reactive ketones (excluding diaryl/α,β-unsaturated/α-hetero) is 1. The molecule has 3 aliphatic heterocycles. The van der Waals surface area contributed by atoms with Crippen LogP contribution in [0.25, 0.3) is 5.76 Å². The minimum absolute atomic E-state index is 0.00334. The van der Waals surface area contributed by atoms with Gasteiger partial charge in [-0.25, -0.2) is 0 Å². The van der Waals surface area contributed by atoms with Gasteiger partial charge in [-0.2, -0.15) is 0 Å². The number of hydrogen-bond donors (Lipinski definition) is 1. The van der Waals surface area contributed by atoms with Crippen LogP contribution in [0.5, 0.6) is 11.5 Å². The summed E-state index contributed by atoms with van der Waals surface area (Å²) >= 11 is 0. The molecule has 9 nitrogen and oxygen atoms in total. The summed E-state index contributed by atoms with van der Waals surface area (Å²) in [5.41, 5.74) is 0.376. The molecule has 9 heteroatoms. The molecule has 0 spiro atoms. The first-order chi connectivity index (χ1) is 15.6. The summed E-state index contributed by atoms with van der Waals surface area (Å²) in [5.74, 6) is -0.182. The number of amides is 1. The van der Waals surface area contributed by atoms with Crippen LogP contribution in [0.2, 0.25) is 0 Å². The first-order valence-electron chi connectivity index (χ1n) is 10.7. The number of fused-ring (bicyclic) bond motifs is 1. The molecular weight excluding hydrogens is 416 g/mol. The van der Waals surface area contributed by atoms with Crippen molar-refractivity contribution >= 4 is 17.4 Å². The van der Waals surface area contributed by atoms with E-state index in [1.54, 1.807) is 30.3 Å². The Balaban J connectivity index is 1.50. The third kappa shape index (κ3) is 3.74. The summed E-state index contributed by atoms with van der Waals surface area (Å²) in [7, 11) is 0. The molecule has 2 aromatic rings. The Morgan fingerprint density at radius 1 is 1.00 bits per heavy atom. The Morgan fingerprint density at radius 2 is 1.78 bits per heavy atom. The van der Waals surface area contributed by atoms with Gasteiger partial charge >= 0.3 is 0 Å². The van der Waals surface area contributed by atoms with Gasteiger partial charge in [-0.05, 0) is 30.3 Å². The number of aliphatic hydroxyl groups excluding tert-OH is 1. The van der Waals surface area contributed by atoms with Crippen LogP contribution in [0.4, 0.5) is 0 Å². The molecule has 2 fully saturated rings. The molecule has 3 aliphatic rings. The van der Waals surface area contributed by atoms with Crippen molar-refractivity contribution in [1.29, 1.82) is 0 Å². The van der Waals surface area contributed by atoms with Crippen molar-refractivity contribution in [2.24, 2.45) is 0 Å². The Kier molecular flexibility index (Phi) is 5.59. The lowest BCUT2D eigenvalue weighted by atomic mass is 9.99. The summed E-state index contributed by atoms with van der Waals surface area (Å²) in [4.78, 5) is 29.7. The van der Waals surface area contributed by atoms with Crippen LogP contribution in [0.15, 0.2) is 46.6 Å². The van der Waals surface area contributed by atoms with E-state index in [1.165, 1.54) is 11.2 Å². The third-order valence-electron chi connectivity index (χ3n) is 5.93. The van der Waals surface area contributed by atoms with E-state index in [9.17, 15) is 14.7 Å². The zero-order valence-corrected chi connectivity index (χ0v) is 17.5. The van der Waals surface area contributed by atoms with Crippen molar-refractivity contribution in [2.45, 2.75) is 6.04 Å². The van der Waals surface area contributed by atoms with E-state index in [-0.39, 0.29) is 11.3 Å². The number of ether oxygens (including phenoxy) is 3. The molecule has 1 aromatic carbocycles. The standard InChI is InChI=1S/C23H24N2O7/c26-21(15-3-4-16-18(14-15)32-13-12-31-16)19-20(17-2-1-9-30-17)25(23(28)22(19)27)6-5-24-7-10-29-11-8-24/h1-4,9,14,20,26H,5-8,10-13H2/b21-19+. The van der Waals surface area contributed by atoms with Crippen LogP contribution in [-0.4, -0.2) is 79.2 Å². The van der Waals surface area contributed by atoms with Gasteiger partial charge in [-0.3, -0.25) is 14.5 Å². The number of aliphatic hydroxyl groups is 1. The number of hydrogen-bond acceptors (Lipinski definition) is 8. The number of carbonyl (C=O) groups is 2. The monoisotopic (exact) mass is 440 g/mol. The number of morpholine rings is 1. The Labute approximate surface area is 184 Å². The number of likely N-dealkylation sites (tertiary alicyclic amines) is 1. The van der Waals surface area contributed by atoms with Crippen LogP contribution in [-0.2, 0) is 14.3 Å². The highest BCUT2D eigenvalue weighted by molar-refractivity contribution is 6.46. The van der Waals surface area contributed by atoms with E-state index in [0.717, 1.165) is 13.1 Å². The van der Waals surface area contributed by atoms with Crippen LogP contribution < -0.4 is 9.47 Å². The zero-order valence-electron chi connectivity index (χ0n) is 17.5. The molecular formula is C23H24N2O7. The van der Waals surface area contributed by atoms with Gasteiger partial charge in [0.15, 0.2) is 11.5 Å². The third-order valence-corrected chi connectivity index (χ3v) is 5.93. The maximum atomic E-state index is 13.0. The van der Waals surface area contributed by atoms with Crippen molar-refractivity contribution in [3.05, 3.63) is 53.5 Å². The van der Waals surface area contributed by atoms with Gasteiger partial charge in [0.05, 0.1) is 25.1 Å². The topological polar surface area (TPSA) is 102 Å². The highest BCUT2D eigenvalue weighted by Gasteiger charge is 2.47. The fraction of sp³-hybridized carbons (Fsp3) is 0.391. The van der Waals surface area contributed by atoms with Crippen molar-refractivity contribution < 1.29 is 33.3 Å². The summed E-state index contributed by atoms with van der Waals surface area (Å²) in [6.07, 6.45) is 1.49. The number of ketones is 1. The maximum absolute atomic E-state index is 13.0. The second-order valence-electron chi connectivity index (χ2n) is 7.82. The SMILES string of the molecule is O=C1C(=O)N(CCN2CCOCC2)C(c2ccco2)/C1=C(\O)c1ccc2c(c1)OCCO2. The lowest BCUT2D eigenvalue weighted by Gasteiger charge is -2.30. The first kappa shape index (κ1) is 20.6. The predicted octanol–water partition coefficient (Wildman–Crippen LogP) is 1.80. The van der Waals surface area contributed by atoms with Gasteiger partial charge in [0.25, 0.3) is 11.7 Å². The van der Waals surface area contributed by atoms with Crippen molar-refractivity contribution in [3.63, 3.8) is 0 Å². The molecule has 5 rings (SSSR count). The average molecular weight is 440 g/mol. The van der Waals surface area contributed by atoms with Gasteiger partial charge in [-0.1, -0.05) is 0 Å². The normalized spacial score (nSPS) is 23.0. The molecule has 0 aliphatic carbocycles. The number of nitrogens with zero attached hydrogens (tertiary/aromatic N) is 2. The van der Waals surface area contributed by atoms with Gasteiger partial charge in [0.2, 0.25) is 0 Å². The zero-order chi connectivity index (χ0) is 22.1. The number of rotatable bonds is 5. The summed E-state index contributed by atoms with van der Waals surface area (Å²) in [6, 6.07) is 7.53. The molecule has 0 radical (unpaired) electrons. The summed E-state index contributed by atoms with van der Waals surface area (Å²) in [5, 5.41) is 11.1. The summed E-state index contributed by atoms with van der Waals surface area (Å²) < 4.78 is 22.1. The molecule has 32 heavy (non-hydrogen) atoms. The predicted molar refractivity (Wildman–Crippen MR) is 112 cm³/mol. The molecule has 0 bridgehead atoms. The van der Waals surface area contributed by atoms with Gasteiger partial charge < -0.3 is 28.6 Å². The fourth-order valence-electron chi connectivity index (χ4n) is 4.27. The molecule has 1 N–H and O–H groups in total. The molecule has 2 saturated heterocycles. The summed E-state index contributed by atoms with van der Waals surface area (Å²) in [6.45, 7) is 4.60. The fourth-order valence-corrected chi connectivity index (χ4v) is 4.27. The number of carbonyl (C=O) groups excluding carboxylic acids is 2. The van der Waals surface area contributed by atoms with Crippen LogP contribution in [0.3, 0.4) is 0 Å². The van der Waals surface area contributed by atoms with Crippen molar-refractivity contribution in [3.8, 4) is 11.5 Å². The number of furan rings is 1. The molecule has 0 saturated carbocycles. The molecule has 1 aromatic heterocycles. The number of benzene rings is 1. The second-order valence-corrected chi connectivity index (χ2v) is 7.82. The molecule has 168 valence electrons. The Morgan fingerprint density at radius 3 is 2.53 bits per heavy atom. The van der Waals surface area contributed by atoms with Crippen LogP contribution in [0, 0.1) is 0 Å².